The standard InChI is InChI=1S/C16H23ClN2O2/c1-2-21-15-7-6-13(11-14(15)17)12-18-8-4-10-19-9-3-5-16(19)20/h6-7,11,18H,2-5,8-10,12H2,1H3. The Morgan fingerprint density at radius 1 is 1.43 bits per heavy atom. The fourth-order valence-corrected chi connectivity index (χ4v) is 2.75. The maximum absolute atomic E-state index is 11.5. The molecule has 0 spiro atoms. The van der Waals surface area contributed by atoms with E-state index in [0.29, 0.717) is 17.5 Å². The van der Waals surface area contributed by atoms with Gasteiger partial charge in [0.05, 0.1) is 11.6 Å². The molecule has 116 valence electrons. The van der Waals surface area contributed by atoms with Gasteiger partial charge in [0.25, 0.3) is 0 Å². The lowest BCUT2D eigenvalue weighted by atomic mass is 10.2. The number of halogens is 1. The van der Waals surface area contributed by atoms with Crippen LogP contribution in [0.2, 0.25) is 5.02 Å². The average molecular weight is 311 g/mol. The molecule has 1 fully saturated rings. The Hall–Kier alpha value is -1.26. The number of amides is 1. The smallest absolute Gasteiger partial charge is 0.222 e. The van der Waals surface area contributed by atoms with E-state index in [1.54, 1.807) is 0 Å². The summed E-state index contributed by atoms with van der Waals surface area (Å²) >= 11 is 6.15. The largest absolute Gasteiger partial charge is 0.492 e. The van der Waals surface area contributed by atoms with Crippen LogP contribution in [0, 0.1) is 0 Å². The highest BCUT2D eigenvalue weighted by Gasteiger charge is 2.18. The summed E-state index contributed by atoms with van der Waals surface area (Å²) in [5.74, 6) is 1.03. The fourth-order valence-electron chi connectivity index (χ4n) is 2.49. The molecule has 0 bridgehead atoms. The van der Waals surface area contributed by atoms with Crippen LogP contribution in [0.4, 0.5) is 0 Å². The lowest BCUT2D eigenvalue weighted by Crippen LogP contribution is -2.28. The van der Waals surface area contributed by atoms with Gasteiger partial charge in [-0.1, -0.05) is 17.7 Å². The molecular weight excluding hydrogens is 288 g/mol. The number of carbonyl (C=O) groups excluding carboxylic acids is 1. The van der Waals surface area contributed by atoms with E-state index in [2.05, 4.69) is 5.32 Å². The average Bonchev–Trinajstić information content (AvgIpc) is 2.87. The molecule has 1 aromatic rings. The first kappa shape index (κ1) is 16.1. The molecule has 1 aromatic carbocycles. The second-order valence-electron chi connectivity index (χ2n) is 5.21. The summed E-state index contributed by atoms with van der Waals surface area (Å²) in [5.41, 5.74) is 1.14. The molecule has 5 heteroatoms. The van der Waals surface area contributed by atoms with Crippen molar-refractivity contribution >= 4 is 17.5 Å². The second-order valence-corrected chi connectivity index (χ2v) is 5.62. The van der Waals surface area contributed by atoms with Gasteiger partial charge in [0.15, 0.2) is 0 Å². The van der Waals surface area contributed by atoms with Crippen LogP contribution in [0.25, 0.3) is 0 Å². The third kappa shape index (κ3) is 4.90. The highest BCUT2D eigenvalue weighted by molar-refractivity contribution is 6.32. The number of rotatable bonds is 8. The first-order valence-corrected chi connectivity index (χ1v) is 7.98. The van der Waals surface area contributed by atoms with Crippen LogP contribution in [0.3, 0.4) is 0 Å². The Morgan fingerprint density at radius 2 is 2.29 bits per heavy atom. The number of hydrogen-bond donors (Lipinski definition) is 1. The van der Waals surface area contributed by atoms with Crippen LogP contribution in [0.5, 0.6) is 5.75 Å². The van der Waals surface area contributed by atoms with E-state index in [0.717, 1.165) is 56.8 Å². The lowest BCUT2D eigenvalue weighted by molar-refractivity contribution is -0.127. The number of carbonyl (C=O) groups is 1. The van der Waals surface area contributed by atoms with Crippen molar-refractivity contribution in [2.24, 2.45) is 0 Å². The monoisotopic (exact) mass is 310 g/mol. The maximum Gasteiger partial charge on any atom is 0.222 e. The predicted molar refractivity (Wildman–Crippen MR) is 84.8 cm³/mol. The van der Waals surface area contributed by atoms with Crippen molar-refractivity contribution in [2.45, 2.75) is 32.7 Å². The molecule has 1 N–H and O–H groups in total. The van der Waals surface area contributed by atoms with E-state index in [4.69, 9.17) is 16.3 Å². The maximum atomic E-state index is 11.5. The van der Waals surface area contributed by atoms with Crippen molar-refractivity contribution in [1.29, 1.82) is 0 Å². The van der Waals surface area contributed by atoms with Gasteiger partial charge in [-0.15, -0.1) is 0 Å². The minimum atomic E-state index is 0.299. The van der Waals surface area contributed by atoms with Gasteiger partial charge in [0, 0.05) is 26.1 Å². The van der Waals surface area contributed by atoms with Crippen LogP contribution >= 0.6 is 11.6 Å². The molecule has 0 aliphatic carbocycles. The Balaban J connectivity index is 1.66. The summed E-state index contributed by atoms with van der Waals surface area (Å²) in [5, 5.41) is 4.03. The normalized spacial score (nSPS) is 14.8. The van der Waals surface area contributed by atoms with E-state index in [-0.39, 0.29) is 0 Å². The number of hydrogen-bond acceptors (Lipinski definition) is 3. The first-order chi connectivity index (χ1) is 10.2. The SMILES string of the molecule is CCOc1ccc(CNCCCN2CCCC2=O)cc1Cl. The van der Waals surface area contributed by atoms with Crippen LogP contribution in [-0.2, 0) is 11.3 Å². The molecular formula is C16H23ClN2O2. The zero-order chi connectivity index (χ0) is 15.1. The van der Waals surface area contributed by atoms with Gasteiger partial charge >= 0.3 is 0 Å². The molecule has 1 saturated heterocycles. The Morgan fingerprint density at radius 3 is 2.95 bits per heavy atom. The van der Waals surface area contributed by atoms with Gasteiger partial charge in [-0.2, -0.15) is 0 Å². The predicted octanol–water partition coefficient (Wildman–Crippen LogP) is 2.84. The summed E-state index contributed by atoms with van der Waals surface area (Å²) in [6.45, 7) is 6.02. The number of benzene rings is 1. The van der Waals surface area contributed by atoms with Gasteiger partial charge < -0.3 is 15.0 Å². The van der Waals surface area contributed by atoms with Crippen LogP contribution < -0.4 is 10.1 Å². The fraction of sp³-hybridized carbons (Fsp3) is 0.562. The van der Waals surface area contributed by atoms with Crippen molar-refractivity contribution in [3.63, 3.8) is 0 Å². The summed E-state index contributed by atoms with van der Waals surface area (Å²) in [6, 6.07) is 5.86. The first-order valence-electron chi connectivity index (χ1n) is 7.60. The van der Waals surface area contributed by atoms with E-state index < -0.39 is 0 Å². The topological polar surface area (TPSA) is 41.6 Å². The van der Waals surface area contributed by atoms with E-state index in [1.165, 1.54) is 0 Å². The van der Waals surface area contributed by atoms with Crippen LogP contribution in [-0.4, -0.2) is 37.0 Å². The van der Waals surface area contributed by atoms with Gasteiger partial charge in [-0.05, 0) is 44.0 Å². The van der Waals surface area contributed by atoms with Crippen molar-refractivity contribution in [2.75, 3.05) is 26.2 Å². The molecule has 1 amide bonds. The summed E-state index contributed by atoms with van der Waals surface area (Å²) in [4.78, 5) is 13.4. The van der Waals surface area contributed by atoms with E-state index in [9.17, 15) is 4.79 Å². The number of nitrogens with one attached hydrogen (secondary N) is 1. The van der Waals surface area contributed by atoms with E-state index in [1.807, 2.05) is 30.0 Å². The molecule has 1 aliphatic rings. The van der Waals surface area contributed by atoms with Crippen LogP contribution in [0.1, 0.15) is 31.7 Å². The van der Waals surface area contributed by atoms with Crippen molar-refractivity contribution in [3.05, 3.63) is 28.8 Å². The summed E-state index contributed by atoms with van der Waals surface area (Å²) < 4.78 is 5.41. The molecule has 0 aromatic heterocycles. The Bertz CT molecular complexity index is 479. The lowest BCUT2D eigenvalue weighted by Gasteiger charge is -2.15. The van der Waals surface area contributed by atoms with Gasteiger partial charge in [-0.3, -0.25) is 4.79 Å². The molecule has 2 rings (SSSR count). The quantitative estimate of drug-likeness (QED) is 0.751. The molecule has 0 atom stereocenters. The molecule has 4 nitrogen and oxygen atoms in total. The zero-order valence-corrected chi connectivity index (χ0v) is 13.3. The van der Waals surface area contributed by atoms with Crippen molar-refractivity contribution < 1.29 is 9.53 Å². The van der Waals surface area contributed by atoms with Gasteiger partial charge in [-0.25, -0.2) is 0 Å². The van der Waals surface area contributed by atoms with Crippen molar-refractivity contribution in [1.82, 2.24) is 10.2 Å². The van der Waals surface area contributed by atoms with Gasteiger partial charge in [0.1, 0.15) is 5.75 Å². The molecule has 1 aliphatic heterocycles. The minimum absolute atomic E-state index is 0.299. The number of likely N-dealkylation sites (tertiary alicyclic amines) is 1. The highest BCUT2D eigenvalue weighted by Crippen LogP contribution is 2.25. The third-order valence-corrected chi connectivity index (χ3v) is 3.87. The molecule has 0 radical (unpaired) electrons. The number of ether oxygens (including phenoxy) is 1. The molecule has 21 heavy (non-hydrogen) atoms. The summed E-state index contributed by atoms with van der Waals surface area (Å²) in [6.07, 6.45) is 2.71. The highest BCUT2D eigenvalue weighted by atomic mass is 35.5. The van der Waals surface area contributed by atoms with Crippen LogP contribution in [0.15, 0.2) is 18.2 Å². The molecule has 0 saturated carbocycles. The Kier molecular flexibility index (Phi) is 6.33. The Labute approximate surface area is 131 Å². The summed E-state index contributed by atoms with van der Waals surface area (Å²) in [7, 11) is 0. The number of nitrogens with zero attached hydrogens (tertiary/aromatic N) is 1. The second kappa shape index (κ2) is 8.25. The molecule has 1 heterocycles. The van der Waals surface area contributed by atoms with Crippen molar-refractivity contribution in [3.8, 4) is 5.75 Å². The van der Waals surface area contributed by atoms with E-state index >= 15 is 0 Å². The molecule has 0 unspecified atom stereocenters. The zero-order valence-electron chi connectivity index (χ0n) is 12.5. The third-order valence-electron chi connectivity index (χ3n) is 3.58. The van der Waals surface area contributed by atoms with Gasteiger partial charge in [0.2, 0.25) is 5.91 Å². The minimum Gasteiger partial charge on any atom is -0.492 e.